The van der Waals surface area contributed by atoms with Gasteiger partial charge in [-0.3, -0.25) is 9.59 Å². The molecule has 7 nitrogen and oxygen atoms in total. The largest absolute Gasteiger partial charge is 0.462 e. The molecule has 0 radical (unpaired) electrons. The number of carbonyl (C=O) groups is 2. The Balaban J connectivity index is 1.15. The quantitative estimate of drug-likeness (QED) is 0.331. The molecular formula is C38H60O7. The van der Waals surface area contributed by atoms with E-state index in [1.54, 1.807) is 13.8 Å². The minimum absolute atomic E-state index is 0.00747. The van der Waals surface area contributed by atoms with Crippen LogP contribution in [0.15, 0.2) is 0 Å². The fraction of sp³-hybridized carbons (Fsp3) is 0.947. The van der Waals surface area contributed by atoms with Gasteiger partial charge in [0.1, 0.15) is 6.10 Å². The average Bonchev–Trinajstić information content (AvgIpc) is 3.21. The summed E-state index contributed by atoms with van der Waals surface area (Å²) in [4.78, 5) is 25.2. The van der Waals surface area contributed by atoms with Gasteiger partial charge in [0, 0.05) is 17.8 Å². The molecule has 7 heteroatoms. The standard InChI is InChI=1S/C38H60O7/c1-21-19-24(31(34(5,6)42)43-22(2)39)44-29-28(21)35(7)17-18-38-20-37(38)16-15-27(45-32(41)23-11-9-10-12-23)33(3,4)25(37)13-14-26(38)36(35,8)30(29)40/h21,23-31,40,42H,9-20H2,1-8H3/t21-,24-,25+,26+,27+,28+,29+,30+,31+,35-,36-,37-,38+/m1/s1. The van der Waals surface area contributed by atoms with E-state index in [9.17, 15) is 19.8 Å². The number of carbonyl (C=O) groups excluding carboxylic acids is 2. The van der Waals surface area contributed by atoms with E-state index in [4.69, 9.17) is 14.2 Å². The molecule has 0 aromatic carbocycles. The van der Waals surface area contributed by atoms with Crippen molar-refractivity contribution in [3.63, 3.8) is 0 Å². The van der Waals surface area contributed by atoms with Crippen LogP contribution in [0, 0.1) is 56.7 Å². The minimum atomic E-state index is -1.26. The molecule has 0 amide bonds. The Kier molecular flexibility index (Phi) is 7.31. The van der Waals surface area contributed by atoms with E-state index in [-0.39, 0.29) is 63.0 Å². The molecule has 7 rings (SSSR count). The van der Waals surface area contributed by atoms with Crippen LogP contribution in [-0.2, 0) is 23.8 Å². The molecule has 2 N–H and O–H groups in total. The van der Waals surface area contributed by atoms with Crippen molar-refractivity contribution in [2.24, 2.45) is 56.7 Å². The predicted molar refractivity (Wildman–Crippen MR) is 170 cm³/mol. The Labute approximate surface area is 270 Å². The molecule has 6 aliphatic carbocycles. The zero-order valence-corrected chi connectivity index (χ0v) is 29.2. The SMILES string of the molecule is CC(=O)O[C@@H]([C@H]1C[C@@H](C)[C@H]2[C@H](O1)[C@H](O)[C@@]1(C)[C@@H]3CC[C@H]4C(C)(C)[C@@H](OC(=O)C5CCCC5)CC[C@@]45C[C@@]35CC[C@]21C)C(C)(C)O. The molecule has 13 atom stereocenters. The highest BCUT2D eigenvalue weighted by atomic mass is 16.6. The monoisotopic (exact) mass is 628 g/mol. The summed E-state index contributed by atoms with van der Waals surface area (Å²) >= 11 is 0. The summed E-state index contributed by atoms with van der Waals surface area (Å²) in [5, 5.41) is 23.5. The zero-order chi connectivity index (χ0) is 32.5. The smallest absolute Gasteiger partial charge is 0.309 e. The van der Waals surface area contributed by atoms with Crippen LogP contribution in [0.1, 0.15) is 132 Å². The van der Waals surface area contributed by atoms with Crippen LogP contribution in [-0.4, -0.2) is 58.3 Å². The highest BCUT2D eigenvalue weighted by Crippen LogP contribution is 2.89. The molecule has 0 aromatic heterocycles. The lowest BCUT2D eigenvalue weighted by Crippen LogP contribution is -2.60. The summed E-state index contributed by atoms with van der Waals surface area (Å²) in [5.74, 6) is 1.14. The number of hydrogen-bond acceptors (Lipinski definition) is 7. The third-order valence-electron chi connectivity index (χ3n) is 16.0. The summed E-state index contributed by atoms with van der Waals surface area (Å²) < 4.78 is 18.9. The molecule has 254 valence electrons. The van der Waals surface area contributed by atoms with Gasteiger partial charge in [0.15, 0.2) is 6.10 Å². The summed E-state index contributed by atoms with van der Waals surface area (Å²) in [6.07, 6.45) is 10.5. The van der Waals surface area contributed by atoms with E-state index < -0.39 is 29.9 Å². The van der Waals surface area contributed by atoms with Crippen LogP contribution >= 0.6 is 0 Å². The first-order valence-corrected chi connectivity index (χ1v) is 18.4. The first-order chi connectivity index (χ1) is 20.9. The van der Waals surface area contributed by atoms with Gasteiger partial charge in [0.05, 0.1) is 29.8 Å². The molecule has 0 bridgehead atoms. The van der Waals surface area contributed by atoms with Crippen LogP contribution in [0.5, 0.6) is 0 Å². The molecule has 2 spiro atoms. The molecule has 7 aliphatic rings. The molecule has 1 heterocycles. The minimum Gasteiger partial charge on any atom is -0.462 e. The van der Waals surface area contributed by atoms with Crippen LogP contribution in [0.4, 0.5) is 0 Å². The van der Waals surface area contributed by atoms with E-state index >= 15 is 0 Å². The predicted octanol–water partition coefficient (Wildman–Crippen LogP) is 6.60. The average molecular weight is 629 g/mol. The second-order valence-corrected chi connectivity index (χ2v) is 18.6. The van der Waals surface area contributed by atoms with Gasteiger partial charge in [-0.1, -0.05) is 47.5 Å². The lowest BCUT2D eigenvalue weighted by atomic mass is 9.41. The van der Waals surface area contributed by atoms with Gasteiger partial charge in [-0.15, -0.1) is 0 Å². The van der Waals surface area contributed by atoms with Crippen molar-refractivity contribution in [1.29, 1.82) is 0 Å². The number of aliphatic hydroxyl groups excluding tert-OH is 1. The zero-order valence-electron chi connectivity index (χ0n) is 29.2. The Bertz CT molecular complexity index is 1220. The molecular weight excluding hydrogens is 568 g/mol. The normalized spacial score (nSPS) is 50.7. The van der Waals surface area contributed by atoms with Crippen molar-refractivity contribution in [3.8, 4) is 0 Å². The van der Waals surface area contributed by atoms with Crippen molar-refractivity contribution in [3.05, 3.63) is 0 Å². The summed E-state index contributed by atoms with van der Waals surface area (Å²) in [7, 11) is 0. The van der Waals surface area contributed by atoms with E-state index in [0.29, 0.717) is 18.3 Å². The number of esters is 2. The highest BCUT2D eigenvalue weighted by molar-refractivity contribution is 5.73. The van der Waals surface area contributed by atoms with Crippen LogP contribution < -0.4 is 0 Å². The number of aliphatic hydroxyl groups is 2. The van der Waals surface area contributed by atoms with Gasteiger partial charge < -0.3 is 24.4 Å². The third kappa shape index (κ3) is 4.23. The first-order valence-electron chi connectivity index (χ1n) is 18.4. The van der Waals surface area contributed by atoms with E-state index in [1.165, 1.54) is 19.8 Å². The number of rotatable bonds is 5. The fourth-order valence-corrected chi connectivity index (χ4v) is 14.0. The Morgan fingerprint density at radius 1 is 0.933 bits per heavy atom. The van der Waals surface area contributed by atoms with E-state index in [2.05, 4.69) is 34.6 Å². The van der Waals surface area contributed by atoms with Crippen molar-refractivity contribution in [2.45, 2.75) is 169 Å². The second kappa shape index (κ2) is 10.2. The van der Waals surface area contributed by atoms with Crippen LogP contribution in [0.3, 0.4) is 0 Å². The van der Waals surface area contributed by atoms with Crippen LogP contribution in [0.2, 0.25) is 0 Å². The lowest BCUT2D eigenvalue weighted by molar-refractivity contribution is -0.216. The third-order valence-corrected chi connectivity index (χ3v) is 16.0. The Hall–Kier alpha value is -1.18. The van der Waals surface area contributed by atoms with Gasteiger partial charge >= 0.3 is 11.9 Å². The number of fused-ring (bicyclic) bond motifs is 4. The topological polar surface area (TPSA) is 102 Å². The summed E-state index contributed by atoms with van der Waals surface area (Å²) in [6, 6.07) is 0. The molecule has 1 saturated heterocycles. The molecule has 0 aromatic rings. The Morgan fingerprint density at radius 3 is 2.22 bits per heavy atom. The van der Waals surface area contributed by atoms with Crippen molar-refractivity contribution >= 4 is 11.9 Å². The lowest BCUT2D eigenvalue weighted by Gasteiger charge is -2.63. The first kappa shape index (κ1) is 32.4. The molecule has 7 fully saturated rings. The molecule has 0 unspecified atom stereocenters. The van der Waals surface area contributed by atoms with Crippen LogP contribution in [0.25, 0.3) is 0 Å². The van der Waals surface area contributed by atoms with Gasteiger partial charge in [0.2, 0.25) is 0 Å². The van der Waals surface area contributed by atoms with Crippen molar-refractivity contribution < 1.29 is 34.0 Å². The number of ether oxygens (including phenoxy) is 3. The maximum atomic E-state index is 13.1. The van der Waals surface area contributed by atoms with Gasteiger partial charge in [-0.05, 0) is 118 Å². The maximum absolute atomic E-state index is 13.1. The summed E-state index contributed by atoms with van der Waals surface area (Å²) in [6.45, 7) is 16.6. The molecule has 1 aliphatic heterocycles. The van der Waals surface area contributed by atoms with Gasteiger partial charge in [-0.25, -0.2) is 0 Å². The second-order valence-electron chi connectivity index (χ2n) is 18.6. The van der Waals surface area contributed by atoms with Gasteiger partial charge in [0.25, 0.3) is 0 Å². The maximum Gasteiger partial charge on any atom is 0.309 e. The van der Waals surface area contributed by atoms with Gasteiger partial charge in [-0.2, -0.15) is 0 Å². The van der Waals surface area contributed by atoms with E-state index in [0.717, 1.165) is 57.8 Å². The van der Waals surface area contributed by atoms with Crippen molar-refractivity contribution in [1.82, 2.24) is 0 Å². The number of hydrogen-bond donors (Lipinski definition) is 2. The molecule has 6 saturated carbocycles. The van der Waals surface area contributed by atoms with E-state index in [1.807, 2.05) is 0 Å². The molecule has 45 heavy (non-hydrogen) atoms. The highest BCUT2D eigenvalue weighted by Gasteiger charge is 2.84. The summed E-state index contributed by atoms with van der Waals surface area (Å²) in [5.41, 5.74) is -1.18. The Morgan fingerprint density at radius 2 is 1.58 bits per heavy atom. The fourth-order valence-electron chi connectivity index (χ4n) is 14.0. The van der Waals surface area contributed by atoms with Crippen molar-refractivity contribution in [2.75, 3.05) is 0 Å².